The molecule has 0 radical (unpaired) electrons. The second-order valence-corrected chi connectivity index (χ2v) is 6.28. The van der Waals surface area contributed by atoms with E-state index in [1.165, 1.54) is 0 Å². The van der Waals surface area contributed by atoms with Gasteiger partial charge in [0.05, 0.1) is 6.10 Å². The average Bonchev–Trinajstić information content (AvgIpc) is 2.72. The van der Waals surface area contributed by atoms with E-state index >= 15 is 0 Å². The van der Waals surface area contributed by atoms with Gasteiger partial charge in [-0.3, -0.25) is 0 Å². The Morgan fingerprint density at radius 3 is 1.81 bits per heavy atom. The molecule has 0 amide bonds. The predicted molar refractivity (Wildman–Crippen MR) is 105 cm³/mol. The molecular weight excluding hydrogens is 340 g/mol. The minimum absolute atomic E-state index is 0.0758. The van der Waals surface area contributed by atoms with E-state index in [1.54, 1.807) is 18.2 Å². The van der Waals surface area contributed by atoms with Gasteiger partial charge in [-0.15, -0.1) is 0 Å². The monoisotopic (exact) mass is 364 g/mol. The molecule has 0 saturated carbocycles. The summed E-state index contributed by atoms with van der Waals surface area (Å²) in [5.41, 5.74) is 2.81. The number of ether oxygens (including phenoxy) is 2. The van der Waals surface area contributed by atoms with Gasteiger partial charge in [0.15, 0.2) is 11.5 Å². The lowest BCUT2D eigenvalue weighted by molar-refractivity contribution is 0.133. The molecule has 3 aromatic carbocycles. The van der Waals surface area contributed by atoms with Crippen LogP contribution < -0.4 is 9.47 Å². The Hall–Kier alpha value is -2.82. The van der Waals surface area contributed by atoms with E-state index < -0.39 is 6.10 Å². The highest BCUT2D eigenvalue weighted by Gasteiger charge is 2.13. The van der Waals surface area contributed by atoms with E-state index in [9.17, 15) is 5.11 Å². The maximum Gasteiger partial charge on any atom is 0.162 e. The summed E-state index contributed by atoms with van der Waals surface area (Å²) in [6, 6.07) is 25.2. The molecule has 0 fully saturated rings. The first kappa shape index (κ1) is 19.0. The molecule has 3 rings (SSSR count). The molecule has 0 aromatic heterocycles. The largest absolute Gasteiger partial charge is 0.485 e. The standard InChI is InChI=1S/C23H24O4/c24-14-13-21(25)20-11-12-22(26-16-18-7-3-1-4-8-18)23(15-20)27-17-19-9-5-2-6-10-19/h1-12,15,21,24-25H,13-14,16-17H2. The molecule has 0 spiro atoms. The van der Waals surface area contributed by atoms with Crippen molar-refractivity contribution < 1.29 is 19.7 Å². The van der Waals surface area contributed by atoms with Gasteiger partial charge in [-0.2, -0.15) is 0 Å². The summed E-state index contributed by atoms with van der Waals surface area (Å²) in [6.07, 6.45) is -0.459. The first-order chi connectivity index (χ1) is 13.3. The van der Waals surface area contributed by atoms with Gasteiger partial charge in [-0.1, -0.05) is 66.7 Å². The highest BCUT2D eigenvalue weighted by atomic mass is 16.5. The van der Waals surface area contributed by atoms with Gasteiger partial charge in [0.25, 0.3) is 0 Å². The maximum atomic E-state index is 10.2. The first-order valence-electron chi connectivity index (χ1n) is 9.02. The minimum Gasteiger partial charge on any atom is -0.485 e. The van der Waals surface area contributed by atoms with Gasteiger partial charge in [0.1, 0.15) is 13.2 Å². The smallest absolute Gasteiger partial charge is 0.162 e. The fraction of sp³-hybridized carbons (Fsp3) is 0.217. The topological polar surface area (TPSA) is 58.9 Å². The van der Waals surface area contributed by atoms with Crippen molar-refractivity contribution in [2.45, 2.75) is 25.7 Å². The van der Waals surface area contributed by atoms with Crippen LogP contribution in [-0.4, -0.2) is 16.8 Å². The van der Waals surface area contributed by atoms with Gasteiger partial charge < -0.3 is 19.7 Å². The lowest BCUT2D eigenvalue weighted by Gasteiger charge is -2.16. The third-order valence-corrected chi connectivity index (χ3v) is 4.23. The number of aliphatic hydroxyl groups excluding tert-OH is 2. The Balaban J connectivity index is 1.77. The molecule has 4 nitrogen and oxygen atoms in total. The van der Waals surface area contributed by atoms with Crippen LogP contribution in [0.15, 0.2) is 78.9 Å². The summed E-state index contributed by atoms with van der Waals surface area (Å²) >= 11 is 0. The maximum absolute atomic E-state index is 10.2. The van der Waals surface area contributed by atoms with E-state index in [2.05, 4.69) is 0 Å². The number of rotatable bonds is 9. The molecule has 2 N–H and O–H groups in total. The second kappa shape index (κ2) is 9.76. The average molecular weight is 364 g/mol. The minimum atomic E-state index is -0.739. The van der Waals surface area contributed by atoms with Crippen molar-refractivity contribution in [1.82, 2.24) is 0 Å². The van der Waals surface area contributed by atoms with Crippen molar-refractivity contribution in [3.8, 4) is 11.5 Å². The Bertz CT molecular complexity index is 818. The molecule has 0 saturated heterocycles. The van der Waals surface area contributed by atoms with Crippen LogP contribution in [0.4, 0.5) is 0 Å². The molecule has 3 aromatic rings. The van der Waals surface area contributed by atoms with Gasteiger partial charge in [0.2, 0.25) is 0 Å². The van der Waals surface area contributed by atoms with Crippen molar-refractivity contribution in [3.05, 3.63) is 95.6 Å². The van der Waals surface area contributed by atoms with E-state index in [4.69, 9.17) is 14.6 Å². The van der Waals surface area contributed by atoms with Crippen molar-refractivity contribution in [1.29, 1.82) is 0 Å². The highest BCUT2D eigenvalue weighted by Crippen LogP contribution is 2.32. The Morgan fingerprint density at radius 1 is 0.704 bits per heavy atom. The van der Waals surface area contributed by atoms with Crippen LogP contribution in [0.1, 0.15) is 29.2 Å². The lowest BCUT2D eigenvalue weighted by atomic mass is 10.1. The summed E-state index contributed by atoms with van der Waals surface area (Å²) in [5, 5.41) is 19.2. The molecule has 0 aliphatic carbocycles. The van der Waals surface area contributed by atoms with Crippen molar-refractivity contribution in [3.63, 3.8) is 0 Å². The molecule has 0 aliphatic heterocycles. The SMILES string of the molecule is OCCC(O)c1ccc(OCc2ccccc2)c(OCc2ccccc2)c1. The van der Waals surface area contributed by atoms with Crippen molar-refractivity contribution >= 4 is 0 Å². The van der Waals surface area contributed by atoms with Crippen LogP contribution in [0.25, 0.3) is 0 Å². The predicted octanol–water partition coefficient (Wildman–Crippen LogP) is 4.26. The molecule has 1 unspecified atom stereocenters. The van der Waals surface area contributed by atoms with E-state index in [0.29, 0.717) is 30.3 Å². The third-order valence-electron chi connectivity index (χ3n) is 4.23. The second-order valence-electron chi connectivity index (χ2n) is 6.28. The van der Waals surface area contributed by atoms with E-state index in [0.717, 1.165) is 11.1 Å². The first-order valence-corrected chi connectivity index (χ1v) is 9.02. The highest BCUT2D eigenvalue weighted by molar-refractivity contribution is 5.44. The summed E-state index contributed by atoms with van der Waals surface area (Å²) in [4.78, 5) is 0. The van der Waals surface area contributed by atoms with Crippen LogP contribution >= 0.6 is 0 Å². The molecule has 4 heteroatoms. The zero-order valence-electron chi connectivity index (χ0n) is 15.1. The summed E-state index contributed by atoms with van der Waals surface area (Å²) in [7, 11) is 0. The Labute approximate surface area is 159 Å². The normalized spacial score (nSPS) is 11.8. The van der Waals surface area contributed by atoms with Crippen molar-refractivity contribution in [2.75, 3.05) is 6.61 Å². The number of benzene rings is 3. The fourth-order valence-corrected chi connectivity index (χ4v) is 2.72. The number of hydrogen-bond acceptors (Lipinski definition) is 4. The van der Waals surface area contributed by atoms with Crippen LogP contribution in [-0.2, 0) is 13.2 Å². The van der Waals surface area contributed by atoms with E-state index in [1.807, 2.05) is 60.7 Å². The van der Waals surface area contributed by atoms with Crippen LogP contribution in [0.2, 0.25) is 0 Å². The quantitative estimate of drug-likeness (QED) is 0.596. The van der Waals surface area contributed by atoms with E-state index in [-0.39, 0.29) is 13.0 Å². The summed E-state index contributed by atoms with van der Waals surface area (Å²) in [6.45, 7) is 0.761. The van der Waals surface area contributed by atoms with Gasteiger partial charge in [0, 0.05) is 13.0 Å². The molecule has 1 atom stereocenters. The van der Waals surface area contributed by atoms with Crippen molar-refractivity contribution in [2.24, 2.45) is 0 Å². The zero-order valence-corrected chi connectivity index (χ0v) is 15.1. The van der Waals surface area contributed by atoms with Gasteiger partial charge in [-0.25, -0.2) is 0 Å². The molecular formula is C23H24O4. The Morgan fingerprint density at radius 2 is 1.26 bits per heavy atom. The van der Waals surface area contributed by atoms with Crippen LogP contribution in [0, 0.1) is 0 Å². The molecule has 0 bridgehead atoms. The number of aliphatic hydroxyl groups is 2. The van der Waals surface area contributed by atoms with Gasteiger partial charge in [-0.05, 0) is 28.8 Å². The summed E-state index contributed by atoms with van der Waals surface area (Å²) in [5.74, 6) is 1.19. The lowest BCUT2D eigenvalue weighted by Crippen LogP contribution is -2.04. The molecule has 140 valence electrons. The Kier molecular flexibility index (Phi) is 6.85. The van der Waals surface area contributed by atoms with Crippen LogP contribution in [0.3, 0.4) is 0 Å². The molecule has 0 aliphatic rings. The summed E-state index contributed by atoms with van der Waals surface area (Å²) < 4.78 is 11.9. The number of hydrogen-bond donors (Lipinski definition) is 2. The van der Waals surface area contributed by atoms with Gasteiger partial charge >= 0.3 is 0 Å². The zero-order chi connectivity index (χ0) is 18.9. The third kappa shape index (κ3) is 5.58. The van der Waals surface area contributed by atoms with Crippen LogP contribution in [0.5, 0.6) is 11.5 Å². The molecule has 27 heavy (non-hydrogen) atoms. The molecule has 0 heterocycles. The fourth-order valence-electron chi connectivity index (χ4n) is 2.72.